The first kappa shape index (κ1) is 15.3. The van der Waals surface area contributed by atoms with Gasteiger partial charge in [-0.1, -0.05) is 27.5 Å². The highest BCUT2D eigenvalue weighted by Crippen LogP contribution is 2.26. The summed E-state index contributed by atoms with van der Waals surface area (Å²) in [5.41, 5.74) is 2.00. The molecule has 0 saturated carbocycles. The smallest absolute Gasteiger partial charge is 0.131 e. The monoisotopic (exact) mass is 349 g/mol. The number of nitrogens with zero attached hydrogens (tertiary/aromatic N) is 3. The van der Waals surface area contributed by atoms with Crippen molar-refractivity contribution in [2.75, 3.05) is 18.4 Å². The van der Waals surface area contributed by atoms with E-state index in [1.165, 1.54) is 0 Å². The molecule has 1 aliphatic rings. The first-order valence-corrected chi connectivity index (χ1v) is 7.96. The van der Waals surface area contributed by atoms with Crippen molar-refractivity contribution in [2.45, 2.75) is 39.0 Å². The summed E-state index contributed by atoms with van der Waals surface area (Å²) in [4.78, 5) is 2.39. The van der Waals surface area contributed by atoms with Gasteiger partial charge in [0.25, 0.3) is 0 Å². The molecular weight excluding hydrogens is 330 g/mol. The predicted octanol–water partition coefficient (Wildman–Crippen LogP) is 2.76. The van der Waals surface area contributed by atoms with Gasteiger partial charge in [0.15, 0.2) is 0 Å². The highest BCUT2D eigenvalue weighted by molar-refractivity contribution is 9.09. The molecule has 0 bridgehead atoms. The molecule has 1 aromatic rings. The van der Waals surface area contributed by atoms with E-state index in [0.717, 1.165) is 41.4 Å². The molecule has 1 saturated heterocycles. The van der Waals surface area contributed by atoms with Gasteiger partial charge in [-0.2, -0.15) is 5.10 Å². The van der Waals surface area contributed by atoms with E-state index in [9.17, 15) is 0 Å². The maximum absolute atomic E-state index is 6.31. The van der Waals surface area contributed by atoms with Crippen molar-refractivity contribution >= 4 is 27.5 Å². The summed E-state index contributed by atoms with van der Waals surface area (Å²) in [7, 11) is 1.88. The van der Waals surface area contributed by atoms with Gasteiger partial charge in [-0.3, -0.25) is 9.58 Å². The van der Waals surface area contributed by atoms with Gasteiger partial charge in [0.2, 0.25) is 0 Å². The van der Waals surface area contributed by atoms with Crippen molar-refractivity contribution in [3.8, 4) is 0 Å². The van der Waals surface area contributed by atoms with Crippen molar-refractivity contribution in [1.29, 1.82) is 0 Å². The van der Waals surface area contributed by atoms with Crippen LogP contribution in [0.5, 0.6) is 0 Å². The van der Waals surface area contributed by atoms with E-state index in [1.807, 2.05) is 14.0 Å². The number of alkyl halides is 1. The molecule has 4 nitrogen and oxygen atoms in total. The second-order valence-electron chi connectivity index (χ2n) is 5.80. The topological polar surface area (TPSA) is 30.3 Å². The molecular formula is C13H21BrClN3O. The molecule has 6 heteroatoms. The van der Waals surface area contributed by atoms with E-state index in [0.29, 0.717) is 0 Å². The molecule has 2 heterocycles. The van der Waals surface area contributed by atoms with Crippen LogP contribution in [0.1, 0.15) is 25.1 Å². The average molecular weight is 351 g/mol. The zero-order valence-electron chi connectivity index (χ0n) is 11.9. The molecule has 0 spiro atoms. The number of hydrogen-bond acceptors (Lipinski definition) is 3. The van der Waals surface area contributed by atoms with E-state index in [2.05, 4.69) is 39.8 Å². The molecule has 1 unspecified atom stereocenters. The first-order chi connectivity index (χ1) is 8.82. The van der Waals surface area contributed by atoms with Gasteiger partial charge in [0.1, 0.15) is 5.15 Å². The van der Waals surface area contributed by atoms with Gasteiger partial charge in [-0.15, -0.1) is 0 Å². The van der Waals surface area contributed by atoms with Crippen LogP contribution in [0.2, 0.25) is 5.15 Å². The Hall–Kier alpha value is -0.100. The predicted molar refractivity (Wildman–Crippen MR) is 81.0 cm³/mol. The second-order valence-corrected chi connectivity index (χ2v) is 6.81. The Balaban J connectivity index is 2.14. The minimum Gasteiger partial charge on any atom is -0.369 e. The molecule has 2 rings (SSSR count). The molecule has 1 aliphatic heterocycles. The summed E-state index contributed by atoms with van der Waals surface area (Å²) in [6, 6.07) is 0. The number of aryl methyl sites for hydroxylation is 2. The standard InChI is InChI=1S/C13H21BrClN3O/c1-9-11(12(15)17(4)16-9)7-18-6-10(5-14)19-13(2,3)8-18/h10H,5-8H2,1-4H3. The van der Waals surface area contributed by atoms with Crippen LogP contribution in [0, 0.1) is 6.92 Å². The lowest BCUT2D eigenvalue weighted by molar-refractivity contribution is -0.128. The summed E-state index contributed by atoms with van der Waals surface area (Å²) in [6.07, 6.45) is 0.222. The Bertz CT molecular complexity index is 461. The van der Waals surface area contributed by atoms with Crippen molar-refractivity contribution in [3.63, 3.8) is 0 Å². The largest absolute Gasteiger partial charge is 0.369 e. The third-order valence-corrected chi connectivity index (χ3v) is 4.57. The summed E-state index contributed by atoms with van der Waals surface area (Å²) >= 11 is 9.82. The maximum atomic E-state index is 6.31. The van der Waals surface area contributed by atoms with Gasteiger partial charge in [-0.25, -0.2) is 0 Å². The summed E-state index contributed by atoms with van der Waals surface area (Å²) < 4.78 is 7.75. The van der Waals surface area contributed by atoms with Gasteiger partial charge in [0.05, 0.1) is 17.4 Å². The Morgan fingerprint density at radius 2 is 2.21 bits per heavy atom. The molecule has 0 radical (unpaired) electrons. The summed E-state index contributed by atoms with van der Waals surface area (Å²) in [5, 5.41) is 5.96. The van der Waals surface area contributed by atoms with Gasteiger partial charge in [-0.05, 0) is 20.8 Å². The third kappa shape index (κ3) is 3.51. The molecule has 0 amide bonds. The lowest BCUT2D eigenvalue weighted by atomic mass is 10.0. The summed E-state index contributed by atoms with van der Waals surface area (Å²) in [5.74, 6) is 0. The number of aromatic nitrogens is 2. The lowest BCUT2D eigenvalue weighted by Crippen LogP contribution is -2.52. The fourth-order valence-corrected chi connectivity index (χ4v) is 3.27. The van der Waals surface area contributed by atoms with Crippen molar-refractivity contribution < 1.29 is 4.74 Å². The normalized spacial score (nSPS) is 23.8. The van der Waals surface area contributed by atoms with Gasteiger partial charge >= 0.3 is 0 Å². The minimum atomic E-state index is -0.126. The fourth-order valence-electron chi connectivity index (χ4n) is 2.69. The zero-order valence-corrected chi connectivity index (χ0v) is 14.3. The lowest BCUT2D eigenvalue weighted by Gasteiger charge is -2.42. The minimum absolute atomic E-state index is 0.126. The van der Waals surface area contributed by atoms with Crippen LogP contribution in [0.25, 0.3) is 0 Å². The summed E-state index contributed by atoms with van der Waals surface area (Å²) in [6.45, 7) is 8.92. The molecule has 19 heavy (non-hydrogen) atoms. The van der Waals surface area contributed by atoms with E-state index in [4.69, 9.17) is 16.3 Å². The van der Waals surface area contributed by atoms with E-state index < -0.39 is 0 Å². The van der Waals surface area contributed by atoms with Crippen LogP contribution in [-0.4, -0.2) is 44.8 Å². The molecule has 108 valence electrons. The number of halogens is 2. The van der Waals surface area contributed by atoms with Crippen molar-refractivity contribution in [1.82, 2.24) is 14.7 Å². The zero-order chi connectivity index (χ0) is 14.2. The molecule has 1 atom stereocenters. The molecule has 0 N–H and O–H groups in total. The third-order valence-electron chi connectivity index (χ3n) is 3.38. The maximum Gasteiger partial charge on any atom is 0.131 e. The van der Waals surface area contributed by atoms with Crippen molar-refractivity contribution in [3.05, 3.63) is 16.4 Å². The van der Waals surface area contributed by atoms with Crippen LogP contribution in [0.4, 0.5) is 0 Å². The van der Waals surface area contributed by atoms with E-state index in [1.54, 1.807) is 4.68 Å². The van der Waals surface area contributed by atoms with Crippen LogP contribution >= 0.6 is 27.5 Å². The first-order valence-electron chi connectivity index (χ1n) is 6.46. The number of ether oxygens (including phenoxy) is 1. The highest BCUT2D eigenvalue weighted by atomic mass is 79.9. The molecule has 1 aromatic heterocycles. The molecule has 1 fully saturated rings. The molecule has 0 aromatic carbocycles. The van der Waals surface area contributed by atoms with Gasteiger partial charge in [0, 0.05) is 37.6 Å². The SMILES string of the molecule is Cc1nn(C)c(Cl)c1CN1CC(CBr)OC(C)(C)C1. The molecule has 0 aliphatic carbocycles. The van der Waals surface area contributed by atoms with Crippen LogP contribution in [-0.2, 0) is 18.3 Å². The van der Waals surface area contributed by atoms with Crippen LogP contribution in [0.15, 0.2) is 0 Å². The quantitative estimate of drug-likeness (QED) is 0.785. The highest BCUT2D eigenvalue weighted by Gasteiger charge is 2.33. The second kappa shape index (κ2) is 5.72. The Morgan fingerprint density at radius 1 is 1.53 bits per heavy atom. The van der Waals surface area contributed by atoms with E-state index in [-0.39, 0.29) is 11.7 Å². The Morgan fingerprint density at radius 3 is 2.74 bits per heavy atom. The van der Waals surface area contributed by atoms with Crippen molar-refractivity contribution in [2.24, 2.45) is 7.05 Å². The number of morpholine rings is 1. The Kier molecular flexibility index (Phi) is 4.60. The van der Waals surface area contributed by atoms with E-state index >= 15 is 0 Å². The number of hydrogen-bond donors (Lipinski definition) is 0. The Labute approximate surface area is 128 Å². The van der Waals surface area contributed by atoms with Gasteiger partial charge < -0.3 is 4.74 Å². The fraction of sp³-hybridized carbons (Fsp3) is 0.769. The van der Waals surface area contributed by atoms with Crippen LogP contribution in [0.3, 0.4) is 0 Å². The van der Waals surface area contributed by atoms with Crippen LogP contribution < -0.4 is 0 Å². The number of rotatable bonds is 3. The average Bonchev–Trinajstić information content (AvgIpc) is 2.54.